The van der Waals surface area contributed by atoms with Crippen molar-refractivity contribution >= 4 is 5.97 Å². The molecule has 1 aliphatic heterocycles. The lowest BCUT2D eigenvalue weighted by Crippen LogP contribution is -2.44. The van der Waals surface area contributed by atoms with Crippen LogP contribution in [0.5, 0.6) is 0 Å². The monoisotopic (exact) mass is 232 g/mol. The number of piperazine rings is 1. The number of rotatable bonds is 3. The minimum absolute atomic E-state index is 0.268. The number of hydrogen-bond donors (Lipinski definition) is 1. The quantitative estimate of drug-likeness (QED) is 0.805. The van der Waals surface area contributed by atoms with Gasteiger partial charge < -0.3 is 14.9 Å². The fourth-order valence-electron chi connectivity index (χ4n) is 1.33. The zero-order chi connectivity index (χ0) is 13.0. The fourth-order valence-corrected chi connectivity index (χ4v) is 1.33. The Labute approximate surface area is 100 Å². The second kappa shape index (κ2) is 12.5. The molecule has 98 valence electrons. The molecular formula is C12H28N2O2. The summed E-state index contributed by atoms with van der Waals surface area (Å²) in [5, 5.41) is 8.46. The van der Waals surface area contributed by atoms with E-state index in [4.69, 9.17) is 5.11 Å². The molecule has 0 amide bonds. The lowest BCUT2D eigenvalue weighted by Gasteiger charge is -2.31. The highest BCUT2D eigenvalue weighted by atomic mass is 16.4. The molecule has 1 saturated heterocycles. The van der Waals surface area contributed by atoms with Crippen LogP contribution in [-0.4, -0.2) is 60.6 Å². The number of nitrogens with zero attached hydrogens (tertiary/aromatic N) is 2. The second-order valence-electron chi connectivity index (χ2n) is 3.29. The van der Waals surface area contributed by atoms with Crippen LogP contribution in [0.1, 0.15) is 34.1 Å². The molecule has 0 bridgehead atoms. The van der Waals surface area contributed by atoms with Gasteiger partial charge in [0.05, 0.1) is 6.42 Å². The van der Waals surface area contributed by atoms with Gasteiger partial charge in [0.1, 0.15) is 0 Å². The first-order valence-electron chi connectivity index (χ1n) is 6.31. The maximum atomic E-state index is 10.3. The topological polar surface area (TPSA) is 43.8 Å². The van der Waals surface area contributed by atoms with Gasteiger partial charge in [-0.05, 0) is 7.05 Å². The van der Waals surface area contributed by atoms with E-state index < -0.39 is 5.97 Å². The van der Waals surface area contributed by atoms with Crippen LogP contribution in [0.3, 0.4) is 0 Å². The van der Waals surface area contributed by atoms with Gasteiger partial charge in [-0.3, -0.25) is 4.79 Å². The molecule has 1 heterocycles. The minimum Gasteiger partial charge on any atom is -0.481 e. The van der Waals surface area contributed by atoms with Crippen molar-refractivity contribution in [3.05, 3.63) is 0 Å². The van der Waals surface area contributed by atoms with Gasteiger partial charge in [0, 0.05) is 32.7 Å². The zero-order valence-electron chi connectivity index (χ0n) is 11.5. The molecule has 0 unspecified atom stereocenters. The van der Waals surface area contributed by atoms with Crippen LogP contribution in [0.25, 0.3) is 0 Å². The Hall–Kier alpha value is -0.610. The van der Waals surface area contributed by atoms with Gasteiger partial charge in [-0.25, -0.2) is 0 Å². The molecule has 1 fully saturated rings. The zero-order valence-corrected chi connectivity index (χ0v) is 11.5. The number of hydrogen-bond acceptors (Lipinski definition) is 3. The fraction of sp³-hybridized carbons (Fsp3) is 0.917. The van der Waals surface area contributed by atoms with Crippen LogP contribution >= 0.6 is 0 Å². The SMILES string of the molecule is CC.CC.CN1CCN(CCC(=O)O)CC1. The number of carboxylic acid groups (broad SMARTS) is 1. The Kier molecular flexibility index (Phi) is 13.8. The lowest BCUT2D eigenvalue weighted by molar-refractivity contribution is -0.137. The summed E-state index contributed by atoms with van der Waals surface area (Å²) in [5.41, 5.74) is 0. The van der Waals surface area contributed by atoms with Crippen molar-refractivity contribution in [2.75, 3.05) is 39.8 Å². The van der Waals surface area contributed by atoms with Crippen molar-refractivity contribution in [3.8, 4) is 0 Å². The average molecular weight is 232 g/mol. The highest BCUT2D eigenvalue weighted by molar-refractivity contribution is 5.66. The predicted molar refractivity (Wildman–Crippen MR) is 68.9 cm³/mol. The van der Waals surface area contributed by atoms with Crippen LogP contribution in [0.15, 0.2) is 0 Å². The lowest BCUT2D eigenvalue weighted by atomic mass is 10.3. The highest BCUT2D eigenvalue weighted by Crippen LogP contribution is 1.99. The normalized spacial score (nSPS) is 16.6. The highest BCUT2D eigenvalue weighted by Gasteiger charge is 2.13. The molecule has 0 saturated carbocycles. The van der Waals surface area contributed by atoms with E-state index in [1.807, 2.05) is 27.7 Å². The van der Waals surface area contributed by atoms with E-state index in [0.717, 1.165) is 26.2 Å². The minimum atomic E-state index is -0.700. The van der Waals surface area contributed by atoms with Crippen molar-refractivity contribution in [1.82, 2.24) is 9.80 Å². The van der Waals surface area contributed by atoms with Gasteiger partial charge in [0.25, 0.3) is 0 Å². The predicted octanol–water partition coefficient (Wildman–Crippen LogP) is 1.76. The summed E-state index contributed by atoms with van der Waals surface area (Å²) in [6, 6.07) is 0. The van der Waals surface area contributed by atoms with E-state index in [0.29, 0.717) is 6.54 Å². The summed E-state index contributed by atoms with van der Waals surface area (Å²) >= 11 is 0. The molecule has 0 aliphatic carbocycles. The molecule has 0 aromatic heterocycles. The molecule has 1 rings (SSSR count). The van der Waals surface area contributed by atoms with Gasteiger partial charge in [0.15, 0.2) is 0 Å². The average Bonchev–Trinajstić information content (AvgIpc) is 2.33. The number of likely N-dealkylation sites (N-methyl/N-ethyl adjacent to an activating group) is 1. The van der Waals surface area contributed by atoms with Crippen molar-refractivity contribution in [2.24, 2.45) is 0 Å². The molecule has 16 heavy (non-hydrogen) atoms. The van der Waals surface area contributed by atoms with Crippen molar-refractivity contribution in [3.63, 3.8) is 0 Å². The summed E-state index contributed by atoms with van der Waals surface area (Å²) in [7, 11) is 2.09. The molecule has 0 aromatic rings. The third kappa shape index (κ3) is 9.93. The van der Waals surface area contributed by atoms with Crippen LogP contribution in [0.4, 0.5) is 0 Å². The van der Waals surface area contributed by atoms with E-state index in [1.54, 1.807) is 0 Å². The van der Waals surface area contributed by atoms with Crippen LogP contribution in [0, 0.1) is 0 Å². The molecule has 1 aliphatic rings. The smallest absolute Gasteiger partial charge is 0.304 e. The van der Waals surface area contributed by atoms with Gasteiger partial charge in [0.2, 0.25) is 0 Å². The van der Waals surface area contributed by atoms with Gasteiger partial charge in [-0.15, -0.1) is 0 Å². The van der Waals surface area contributed by atoms with Crippen molar-refractivity contribution in [1.29, 1.82) is 0 Å². The summed E-state index contributed by atoms with van der Waals surface area (Å²) in [5.74, 6) is -0.700. The molecular weight excluding hydrogens is 204 g/mol. The van der Waals surface area contributed by atoms with Gasteiger partial charge in [-0.1, -0.05) is 27.7 Å². The van der Waals surface area contributed by atoms with E-state index in [1.165, 1.54) is 0 Å². The van der Waals surface area contributed by atoms with Gasteiger partial charge >= 0.3 is 5.97 Å². The first-order chi connectivity index (χ1) is 7.68. The maximum Gasteiger partial charge on any atom is 0.304 e. The summed E-state index contributed by atoms with van der Waals surface area (Å²) in [4.78, 5) is 14.7. The largest absolute Gasteiger partial charge is 0.481 e. The molecule has 0 aromatic carbocycles. The van der Waals surface area contributed by atoms with E-state index >= 15 is 0 Å². The molecule has 0 spiro atoms. The number of carbonyl (C=O) groups is 1. The molecule has 0 radical (unpaired) electrons. The molecule has 1 N–H and O–H groups in total. The molecule has 0 atom stereocenters. The van der Waals surface area contributed by atoms with Crippen LogP contribution in [-0.2, 0) is 4.79 Å². The Morgan fingerprint density at radius 3 is 1.88 bits per heavy atom. The molecule has 4 nitrogen and oxygen atoms in total. The Bertz CT molecular complexity index is 155. The van der Waals surface area contributed by atoms with Crippen LogP contribution < -0.4 is 0 Å². The molecule has 4 heteroatoms. The Morgan fingerprint density at radius 1 is 1.06 bits per heavy atom. The maximum absolute atomic E-state index is 10.3. The van der Waals surface area contributed by atoms with E-state index in [-0.39, 0.29) is 6.42 Å². The van der Waals surface area contributed by atoms with E-state index in [9.17, 15) is 4.79 Å². The van der Waals surface area contributed by atoms with Gasteiger partial charge in [-0.2, -0.15) is 0 Å². The summed E-state index contributed by atoms with van der Waals surface area (Å²) < 4.78 is 0. The third-order valence-electron chi connectivity index (χ3n) is 2.24. The van der Waals surface area contributed by atoms with Crippen molar-refractivity contribution < 1.29 is 9.90 Å². The first kappa shape index (κ1) is 17.8. The summed E-state index contributed by atoms with van der Waals surface area (Å²) in [6.07, 6.45) is 0.268. The second-order valence-corrected chi connectivity index (χ2v) is 3.29. The Morgan fingerprint density at radius 2 is 1.50 bits per heavy atom. The standard InChI is InChI=1S/C8H16N2O2.2C2H6/c1-9-4-6-10(7-5-9)3-2-8(11)12;2*1-2/h2-7H2,1H3,(H,11,12);2*1-2H3. The van der Waals surface area contributed by atoms with Crippen molar-refractivity contribution in [2.45, 2.75) is 34.1 Å². The summed E-state index contributed by atoms with van der Waals surface area (Å²) in [6.45, 7) is 12.8. The number of aliphatic carboxylic acids is 1. The number of carboxylic acids is 1. The third-order valence-corrected chi connectivity index (χ3v) is 2.24. The Balaban J connectivity index is 0. The van der Waals surface area contributed by atoms with E-state index in [2.05, 4.69) is 16.8 Å². The van der Waals surface area contributed by atoms with Crippen LogP contribution in [0.2, 0.25) is 0 Å². The first-order valence-corrected chi connectivity index (χ1v) is 6.31.